The van der Waals surface area contributed by atoms with E-state index in [1.807, 2.05) is 24.0 Å². The number of aryl methyl sites for hydroxylation is 2. The number of carboxylic acid groups (broad SMARTS) is 1. The van der Waals surface area contributed by atoms with E-state index in [2.05, 4.69) is 15.1 Å². The summed E-state index contributed by atoms with van der Waals surface area (Å²) < 4.78 is 43.0. The lowest BCUT2D eigenvalue weighted by atomic mass is 10.0. The maximum atomic E-state index is 12.6. The van der Waals surface area contributed by atoms with E-state index in [-0.39, 0.29) is 18.1 Å². The fourth-order valence-electron chi connectivity index (χ4n) is 3.60. The van der Waals surface area contributed by atoms with Gasteiger partial charge in [-0.1, -0.05) is 11.2 Å². The number of nitrogens with zero attached hydrogens (tertiary/aromatic N) is 4. The molecule has 1 N–H and O–H groups in total. The molecule has 0 spiro atoms. The number of halogens is 3. The molecule has 0 aromatic carbocycles. The normalized spacial score (nSPS) is 22.6. The van der Waals surface area contributed by atoms with Gasteiger partial charge in [0.2, 0.25) is 5.89 Å². The summed E-state index contributed by atoms with van der Waals surface area (Å²) in [7, 11) is 0. The highest BCUT2D eigenvalue weighted by Crippen LogP contribution is 2.34. The number of carbonyl (C=O) groups excluding carboxylic acids is 1. The van der Waals surface area contributed by atoms with Crippen LogP contribution in [0.1, 0.15) is 34.3 Å². The summed E-state index contributed by atoms with van der Waals surface area (Å²) in [4.78, 5) is 31.9. The smallest absolute Gasteiger partial charge is 0.475 e. The van der Waals surface area contributed by atoms with Crippen LogP contribution in [0, 0.1) is 19.8 Å². The predicted molar refractivity (Wildman–Crippen MR) is 98.1 cm³/mol. The molecule has 2 fully saturated rings. The minimum Gasteiger partial charge on any atom is -0.475 e. The van der Waals surface area contributed by atoms with Gasteiger partial charge < -0.3 is 19.3 Å². The summed E-state index contributed by atoms with van der Waals surface area (Å²) in [6.07, 6.45) is -3.35. The Balaban J connectivity index is 0.000000339. The van der Waals surface area contributed by atoms with Gasteiger partial charge in [0.05, 0.1) is 18.6 Å². The number of hydrogen-bond acceptors (Lipinski definition) is 7. The summed E-state index contributed by atoms with van der Waals surface area (Å²) in [5.74, 6) is -1.14. The molecular formula is C19H21F3N4O5. The molecule has 31 heavy (non-hydrogen) atoms. The SMILES string of the molecule is Cc1cccc(C(=O)N2C[C@@H]3C[C@H](Cc4nc(C)no4)O[C@@H]3C2)n1.O=C(O)C(F)(F)F. The molecule has 1 amide bonds. The molecule has 2 saturated heterocycles. The second kappa shape index (κ2) is 9.00. The van der Waals surface area contributed by atoms with Crippen molar-refractivity contribution in [1.29, 1.82) is 0 Å². The number of likely N-dealkylation sites (tertiary alicyclic amines) is 1. The van der Waals surface area contributed by atoms with Crippen LogP contribution in [0.3, 0.4) is 0 Å². The fourth-order valence-corrected chi connectivity index (χ4v) is 3.60. The van der Waals surface area contributed by atoms with E-state index in [9.17, 15) is 18.0 Å². The minimum atomic E-state index is -5.08. The highest BCUT2D eigenvalue weighted by molar-refractivity contribution is 5.92. The maximum absolute atomic E-state index is 12.6. The Morgan fingerprint density at radius 2 is 1.94 bits per heavy atom. The fraction of sp³-hybridized carbons (Fsp3) is 0.526. The first-order valence-electron chi connectivity index (χ1n) is 9.50. The van der Waals surface area contributed by atoms with Crippen LogP contribution >= 0.6 is 0 Å². The first kappa shape index (κ1) is 22.7. The van der Waals surface area contributed by atoms with Gasteiger partial charge in [-0.3, -0.25) is 4.79 Å². The Morgan fingerprint density at radius 1 is 1.23 bits per heavy atom. The van der Waals surface area contributed by atoms with Crippen LogP contribution in [0.4, 0.5) is 13.2 Å². The van der Waals surface area contributed by atoms with Crippen molar-refractivity contribution >= 4 is 11.9 Å². The molecule has 4 rings (SSSR count). The molecule has 4 heterocycles. The first-order chi connectivity index (χ1) is 14.5. The van der Waals surface area contributed by atoms with Gasteiger partial charge in [0.25, 0.3) is 5.91 Å². The molecule has 2 aromatic rings. The van der Waals surface area contributed by atoms with Crippen molar-refractivity contribution in [2.24, 2.45) is 5.92 Å². The number of aliphatic carboxylic acids is 1. The quantitative estimate of drug-likeness (QED) is 0.769. The summed E-state index contributed by atoms with van der Waals surface area (Å²) in [6, 6.07) is 5.53. The van der Waals surface area contributed by atoms with E-state index in [1.165, 1.54) is 0 Å². The van der Waals surface area contributed by atoms with Crippen molar-refractivity contribution in [2.75, 3.05) is 13.1 Å². The van der Waals surface area contributed by atoms with Gasteiger partial charge in [-0.05, 0) is 32.4 Å². The van der Waals surface area contributed by atoms with Gasteiger partial charge in [0, 0.05) is 24.7 Å². The maximum Gasteiger partial charge on any atom is 0.490 e. The number of pyridine rings is 1. The number of carboxylic acids is 1. The largest absolute Gasteiger partial charge is 0.490 e. The van der Waals surface area contributed by atoms with E-state index in [1.54, 1.807) is 13.0 Å². The molecule has 168 valence electrons. The van der Waals surface area contributed by atoms with Crippen molar-refractivity contribution in [3.63, 3.8) is 0 Å². The third-order valence-electron chi connectivity index (χ3n) is 4.92. The highest BCUT2D eigenvalue weighted by Gasteiger charge is 2.44. The van der Waals surface area contributed by atoms with E-state index in [0.29, 0.717) is 36.3 Å². The molecule has 3 atom stereocenters. The van der Waals surface area contributed by atoms with Gasteiger partial charge in [0.1, 0.15) is 5.69 Å². The van der Waals surface area contributed by atoms with Crippen molar-refractivity contribution in [3.8, 4) is 0 Å². The molecule has 0 aliphatic carbocycles. The molecule has 0 bridgehead atoms. The van der Waals surface area contributed by atoms with Crippen LogP contribution < -0.4 is 0 Å². The second-order valence-corrected chi connectivity index (χ2v) is 7.41. The molecule has 0 unspecified atom stereocenters. The van der Waals surface area contributed by atoms with Crippen LogP contribution in [0.5, 0.6) is 0 Å². The third kappa shape index (κ3) is 5.78. The number of carbonyl (C=O) groups is 2. The molecule has 0 radical (unpaired) electrons. The number of rotatable bonds is 3. The number of alkyl halides is 3. The second-order valence-electron chi connectivity index (χ2n) is 7.41. The number of aromatic nitrogens is 3. The molecule has 0 saturated carbocycles. The van der Waals surface area contributed by atoms with Gasteiger partial charge in [0.15, 0.2) is 5.82 Å². The van der Waals surface area contributed by atoms with Gasteiger partial charge in [-0.15, -0.1) is 0 Å². The van der Waals surface area contributed by atoms with Crippen LogP contribution in [0.15, 0.2) is 22.7 Å². The molecule has 2 aromatic heterocycles. The molecule has 2 aliphatic heterocycles. The Hall–Kier alpha value is -3.02. The van der Waals surface area contributed by atoms with E-state index < -0.39 is 12.1 Å². The summed E-state index contributed by atoms with van der Waals surface area (Å²) in [6.45, 7) is 5.04. The third-order valence-corrected chi connectivity index (χ3v) is 4.92. The Labute approximate surface area is 175 Å². The van der Waals surface area contributed by atoms with Gasteiger partial charge >= 0.3 is 12.1 Å². The van der Waals surface area contributed by atoms with E-state index in [0.717, 1.165) is 18.7 Å². The van der Waals surface area contributed by atoms with E-state index >= 15 is 0 Å². The predicted octanol–water partition coefficient (Wildman–Crippen LogP) is 2.19. The minimum absolute atomic E-state index is 0.0132. The monoisotopic (exact) mass is 442 g/mol. The van der Waals surface area contributed by atoms with Crippen molar-refractivity contribution in [1.82, 2.24) is 20.0 Å². The van der Waals surface area contributed by atoms with Crippen molar-refractivity contribution in [2.45, 2.75) is 45.1 Å². The molecule has 9 nitrogen and oxygen atoms in total. The summed E-state index contributed by atoms with van der Waals surface area (Å²) in [5.41, 5.74) is 1.36. The molecule has 2 aliphatic rings. The Bertz CT molecular complexity index is 935. The summed E-state index contributed by atoms with van der Waals surface area (Å²) in [5, 5.41) is 10.9. The summed E-state index contributed by atoms with van der Waals surface area (Å²) >= 11 is 0. The van der Waals surface area contributed by atoms with Crippen molar-refractivity contribution in [3.05, 3.63) is 41.3 Å². The number of ether oxygens (including phenoxy) is 1. The van der Waals surface area contributed by atoms with Gasteiger partial charge in [-0.25, -0.2) is 9.78 Å². The topological polar surface area (TPSA) is 119 Å². The Morgan fingerprint density at radius 3 is 2.48 bits per heavy atom. The van der Waals surface area contributed by atoms with Crippen LogP contribution in [0.25, 0.3) is 0 Å². The lowest BCUT2D eigenvalue weighted by Gasteiger charge is -2.18. The van der Waals surface area contributed by atoms with Crippen molar-refractivity contribution < 1.29 is 37.1 Å². The van der Waals surface area contributed by atoms with Crippen LogP contribution in [-0.2, 0) is 16.0 Å². The van der Waals surface area contributed by atoms with Gasteiger partial charge in [-0.2, -0.15) is 18.2 Å². The average Bonchev–Trinajstić information content (AvgIpc) is 3.36. The van der Waals surface area contributed by atoms with E-state index in [4.69, 9.17) is 19.2 Å². The molecule has 12 heteroatoms. The first-order valence-corrected chi connectivity index (χ1v) is 9.50. The number of hydrogen-bond donors (Lipinski definition) is 1. The zero-order chi connectivity index (χ0) is 22.8. The Kier molecular flexibility index (Phi) is 6.58. The van der Waals surface area contributed by atoms with Crippen LogP contribution in [0.2, 0.25) is 0 Å². The molecular weight excluding hydrogens is 421 g/mol. The average molecular weight is 442 g/mol. The standard InChI is InChI=1S/C17H20N4O3.C2HF3O2/c1-10-4-3-5-14(18-10)17(22)21-8-12-6-13(23-15(12)9-21)7-16-19-11(2)20-24-16;3-2(4,5)1(6)7/h3-5,12-13,15H,6-9H2,1-2H3;(H,6,7)/t12-,13+,15+;/m0./s1. The zero-order valence-electron chi connectivity index (χ0n) is 16.8. The lowest BCUT2D eigenvalue weighted by molar-refractivity contribution is -0.192. The highest BCUT2D eigenvalue weighted by atomic mass is 19.4. The lowest BCUT2D eigenvalue weighted by Crippen LogP contribution is -2.32. The van der Waals surface area contributed by atoms with Crippen LogP contribution in [-0.4, -0.2) is 68.5 Å². The zero-order valence-corrected chi connectivity index (χ0v) is 16.8. The number of amides is 1. The number of fused-ring (bicyclic) bond motifs is 1.